The molecule has 0 atom stereocenters. The van der Waals surface area contributed by atoms with Gasteiger partial charge in [0.2, 0.25) is 11.8 Å². The second kappa shape index (κ2) is 8.49. The molecule has 1 aliphatic heterocycles. The Bertz CT molecular complexity index is 577. The van der Waals surface area contributed by atoms with E-state index in [9.17, 15) is 9.59 Å². The lowest BCUT2D eigenvalue weighted by Gasteiger charge is -2.29. The molecule has 1 aromatic rings. The van der Waals surface area contributed by atoms with Crippen LogP contribution < -0.4 is 10.6 Å². The summed E-state index contributed by atoms with van der Waals surface area (Å²) in [5.41, 5.74) is 0.464. The smallest absolute Gasteiger partial charge is 0.238 e. The summed E-state index contributed by atoms with van der Waals surface area (Å²) in [4.78, 5) is 27.7. The maximum absolute atomic E-state index is 12.1. The average molecular weight is 359 g/mol. The number of amides is 2. The molecule has 0 bridgehead atoms. The molecular weight excluding hydrogens is 339 g/mol. The molecule has 0 unspecified atom stereocenters. The van der Waals surface area contributed by atoms with Gasteiger partial charge >= 0.3 is 0 Å². The number of nitrogens with zero attached hydrogens (tertiary/aromatic N) is 2. The number of carbonyl (C=O) groups is 2. The first kappa shape index (κ1) is 18.0. The lowest BCUT2D eigenvalue weighted by Crippen LogP contribution is -2.49. The van der Waals surface area contributed by atoms with Crippen molar-refractivity contribution >= 4 is 40.7 Å². The van der Waals surface area contributed by atoms with Crippen molar-refractivity contribution < 1.29 is 9.59 Å². The number of hydrogen-bond acceptors (Lipinski definition) is 4. The number of halogens is 2. The molecule has 23 heavy (non-hydrogen) atoms. The molecule has 0 aliphatic carbocycles. The van der Waals surface area contributed by atoms with Crippen LogP contribution in [0.2, 0.25) is 10.0 Å². The van der Waals surface area contributed by atoms with Crippen molar-refractivity contribution in [2.45, 2.75) is 0 Å². The van der Waals surface area contributed by atoms with Crippen LogP contribution in [-0.2, 0) is 9.59 Å². The predicted molar refractivity (Wildman–Crippen MR) is 92.0 cm³/mol. The molecule has 2 amide bonds. The van der Waals surface area contributed by atoms with Gasteiger partial charge in [0.05, 0.1) is 23.8 Å². The first-order chi connectivity index (χ1) is 11.0. The van der Waals surface area contributed by atoms with Crippen molar-refractivity contribution in [1.29, 1.82) is 0 Å². The quantitative estimate of drug-likeness (QED) is 0.832. The molecule has 1 aliphatic rings. The van der Waals surface area contributed by atoms with E-state index in [2.05, 4.69) is 10.6 Å². The van der Waals surface area contributed by atoms with Crippen LogP contribution in [0, 0.1) is 0 Å². The van der Waals surface area contributed by atoms with Crippen LogP contribution in [0.25, 0.3) is 0 Å². The molecule has 2 rings (SSSR count). The Morgan fingerprint density at radius 2 is 1.96 bits per heavy atom. The van der Waals surface area contributed by atoms with Crippen LogP contribution in [0.3, 0.4) is 0 Å². The number of piperazine rings is 1. The average Bonchev–Trinajstić information content (AvgIpc) is 2.51. The molecule has 1 saturated heterocycles. The van der Waals surface area contributed by atoms with Gasteiger partial charge in [-0.2, -0.15) is 0 Å². The van der Waals surface area contributed by atoms with Crippen molar-refractivity contribution in [2.24, 2.45) is 0 Å². The Morgan fingerprint density at radius 3 is 2.65 bits per heavy atom. The number of anilines is 1. The number of rotatable bonds is 5. The SMILES string of the molecule is CN(CC(=O)Nc1cc(Cl)ccc1Cl)CC(=O)N1CCNCC1. The van der Waals surface area contributed by atoms with Crippen molar-refractivity contribution in [3.05, 3.63) is 28.2 Å². The zero-order valence-electron chi connectivity index (χ0n) is 12.9. The van der Waals surface area contributed by atoms with E-state index in [0.717, 1.165) is 13.1 Å². The first-order valence-corrected chi connectivity index (χ1v) is 8.13. The minimum absolute atomic E-state index is 0.0302. The standard InChI is InChI=1S/C15H20Cl2N4O2/c1-20(10-15(23)21-6-4-18-5-7-21)9-14(22)19-13-8-11(16)2-3-12(13)17/h2-3,8,18H,4-7,9-10H2,1H3,(H,19,22). The Kier molecular flexibility index (Phi) is 6.65. The minimum Gasteiger partial charge on any atom is -0.339 e. The predicted octanol–water partition coefficient (Wildman–Crippen LogP) is 1.30. The van der Waals surface area contributed by atoms with Crippen LogP contribution in [0.15, 0.2) is 18.2 Å². The molecule has 1 heterocycles. The van der Waals surface area contributed by atoms with E-state index < -0.39 is 0 Å². The number of nitrogens with one attached hydrogen (secondary N) is 2. The minimum atomic E-state index is -0.246. The number of hydrogen-bond donors (Lipinski definition) is 2. The highest BCUT2D eigenvalue weighted by atomic mass is 35.5. The summed E-state index contributed by atoms with van der Waals surface area (Å²) < 4.78 is 0. The van der Waals surface area contributed by atoms with Crippen LogP contribution >= 0.6 is 23.2 Å². The molecule has 0 spiro atoms. The molecule has 0 saturated carbocycles. The van der Waals surface area contributed by atoms with E-state index in [1.54, 1.807) is 35.0 Å². The molecular formula is C15H20Cl2N4O2. The third-order valence-corrected chi connectivity index (χ3v) is 4.06. The Labute approximate surface area is 145 Å². The van der Waals surface area contributed by atoms with Gasteiger partial charge < -0.3 is 15.5 Å². The van der Waals surface area contributed by atoms with Gasteiger partial charge in [-0.05, 0) is 25.2 Å². The molecule has 2 N–H and O–H groups in total. The maximum atomic E-state index is 12.1. The third kappa shape index (κ3) is 5.66. The Hall–Kier alpha value is -1.34. The van der Waals surface area contributed by atoms with Gasteiger partial charge in [-0.1, -0.05) is 23.2 Å². The number of benzene rings is 1. The summed E-state index contributed by atoms with van der Waals surface area (Å²) in [5, 5.41) is 6.81. The lowest BCUT2D eigenvalue weighted by molar-refractivity contribution is -0.133. The van der Waals surface area contributed by atoms with Crippen LogP contribution in [0.4, 0.5) is 5.69 Å². The summed E-state index contributed by atoms with van der Waals surface area (Å²) in [6, 6.07) is 4.86. The van der Waals surface area contributed by atoms with Gasteiger partial charge in [-0.3, -0.25) is 14.5 Å². The highest BCUT2D eigenvalue weighted by Gasteiger charge is 2.18. The van der Waals surface area contributed by atoms with Crippen molar-refractivity contribution in [3.63, 3.8) is 0 Å². The van der Waals surface area contributed by atoms with Crippen molar-refractivity contribution in [1.82, 2.24) is 15.1 Å². The van der Waals surface area contributed by atoms with Crippen molar-refractivity contribution in [2.75, 3.05) is 51.6 Å². The van der Waals surface area contributed by atoms with E-state index in [0.29, 0.717) is 28.8 Å². The summed E-state index contributed by atoms with van der Waals surface area (Å²) in [5.74, 6) is -0.215. The molecule has 1 aromatic carbocycles. The van der Waals surface area contributed by atoms with E-state index in [1.165, 1.54) is 0 Å². The molecule has 0 aromatic heterocycles. The highest BCUT2D eigenvalue weighted by Crippen LogP contribution is 2.25. The fraction of sp³-hybridized carbons (Fsp3) is 0.467. The second-order valence-electron chi connectivity index (χ2n) is 5.48. The van der Waals surface area contributed by atoms with Crippen LogP contribution in [0.5, 0.6) is 0 Å². The number of carbonyl (C=O) groups excluding carboxylic acids is 2. The fourth-order valence-corrected chi connectivity index (χ4v) is 2.67. The van der Waals surface area contributed by atoms with E-state index in [1.807, 2.05) is 0 Å². The summed E-state index contributed by atoms with van der Waals surface area (Å²) >= 11 is 11.9. The van der Waals surface area contributed by atoms with E-state index in [-0.39, 0.29) is 24.9 Å². The van der Waals surface area contributed by atoms with E-state index in [4.69, 9.17) is 23.2 Å². The maximum Gasteiger partial charge on any atom is 0.238 e. The molecule has 6 nitrogen and oxygen atoms in total. The van der Waals surface area contributed by atoms with Gasteiger partial charge in [0.25, 0.3) is 0 Å². The van der Waals surface area contributed by atoms with Gasteiger partial charge in [-0.15, -0.1) is 0 Å². The summed E-state index contributed by atoms with van der Waals surface area (Å²) in [7, 11) is 1.74. The lowest BCUT2D eigenvalue weighted by atomic mass is 10.3. The number of likely N-dealkylation sites (N-methyl/N-ethyl adjacent to an activating group) is 1. The Balaban J connectivity index is 1.82. The van der Waals surface area contributed by atoms with Gasteiger partial charge in [0, 0.05) is 31.2 Å². The first-order valence-electron chi connectivity index (χ1n) is 7.37. The Morgan fingerprint density at radius 1 is 1.26 bits per heavy atom. The van der Waals surface area contributed by atoms with Gasteiger partial charge in [0.15, 0.2) is 0 Å². The van der Waals surface area contributed by atoms with Gasteiger partial charge in [-0.25, -0.2) is 0 Å². The zero-order chi connectivity index (χ0) is 16.8. The third-order valence-electron chi connectivity index (χ3n) is 3.49. The molecule has 1 fully saturated rings. The molecule has 0 radical (unpaired) electrons. The largest absolute Gasteiger partial charge is 0.339 e. The fourth-order valence-electron chi connectivity index (χ4n) is 2.33. The van der Waals surface area contributed by atoms with Crippen molar-refractivity contribution in [3.8, 4) is 0 Å². The summed E-state index contributed by atoms with van der Waals surface area (Å²) in [6.07, 6.45) is 0. The zero-order valence-corrected chi connectivity index (χ0v) is 14.5. The second-order valence-corrected chi connectivity index (χ2v) is 6.32. The molecule has 8 heteroatoms. The normalized spacial score (nSPS) is 14.9. The highest BCUT2D eigenvalue weighted by molar-refractivity contribution is 6.35. The van der Waals surface area contributed by atoms with Crippen LogP contribution in [0.1, 0.15) is 0 Å². The van der Waals surface area contributed by atoms with Crippen LogP contribution in [-0.4, -0.2) is 67.9 Å². The summed E-state index contributed by atoms with van der Waals surface area (Å²) in [6.45, 7) is 3.33. The molecule has 126 valence electrons. The van der Waals surface area contributed by atoms with Gasteiger partial charge in [0.1, 0.15) is 0 Å². The topological polar surface area (TPSA) is 64.7 Å². The van der Waals surface area contributed by atoms with E-state index >= 15 is 0 Å². The monoisotopic (exact) mass is 358 g/mol.